The molecule has 1 fully saturated rings. The van der Waals surface area contributed by atoms with Crippen LogP contribution >= 0.6 is 0 Å². The fraction of sp³-hybridized carbons (Fsp3) is 0.333. The Labute approximate surface area is 177 Å². The molecule has 30 heavy (non-hydrogen) atoms. The van der Waals surface area contributed by atoms with Crippen molar-refractivity contribution in [1.82, 2.24) is 14.8 Å². The third-order valence-corrected chi connectivity index (χ3v) is 5.62. The van der Waals surface area contributed by atoms with Gasteiger partial charge < -0.3 is 14.4 Å². The molecule has 1 aromatic heterocycles. The topological polar surface area (TPSA) is 54.9 Å². The summed E-state index contributed by atoms with van der Waals surface area (Å²) in [7, 11) is 3.35. The zero-order chi connectivity index (χ0) is 21.1. The van der Waals surface area contributed by atoms with Crippen LogP contribution in [0.4, 0.5) is 0 Å². The van der Waals surface area contributed by atoms with Crippen LogP contribution in [0, 0.1) is 6.92 Å². The van der Waals surface area contributed by atoms with Crippen LogP contribution < -0.4 is 9.47 Å². The highest BCUT2D eigenvalue weighted by atomic mass is 16.5. The van der Waals surface area contributed by atoms with Gasteiger partial charge in [0.05, 0.1) is 25.3 Å². The number of para-hydroxylation sites is 1. The Morgan fingerprint density at radius 1 is 1.00 bits per heavy atom. The Bertz CT molecular complexity index is 1060. The standard InChI is InChI=1S/C24H27N3O3/c1-17-14-21(20-6-4-5-7-22(20)25-17)24(28)27-12-10-26(11-13-27)16-18-15-19(29-2)8-9-23(18)30-3/h4-9,14-15H,10-13,16H2,1-3H3. The number of carbonyl (C=O) groups excluding carboxylic acids is 1. The van der Waals surface area contributed by atoms with Gasteiger partial charge in [-0.3, -0.25) is 14.7 Å². The van der Waals surface area contributed by atoms with Crippen molar-refractivity contribution in [3.63, 3.8) is 0 Å². The Balaban J connectivity index is 1.46. The van der Waals surface area contributed by atoms with Crippen molar-refractivity contribution in [1.29, 1.82) is 0 Å². The van der Waals surface area contributed by atoms with E-state index in [1.165, 1.54) is 0 Å². The van der Waals surface area contributed by atoms with Gasteiger partial charge in [-0.15, -0.1) is 0 Å². The van der Waals surface area contributed by atoms with E-state index < -0.39 is 0 Å². The summed E-state index contributed by atoms with van der Waals surface area (Å²) in [5, 5.41) is 0.914. The highest BCUT2D eigenvalue weighted by Crippen LogP contribution is 2.26. The molecule has 0 atom stereocenters. The van der Waals surface area contributed by atoms with Crippen LogP contribution in [-0.4, -0.2) is 61.1 Å². The van der Waals surface area contributed by atoms with E-state index in [1.807, 2.05) is 60.4 Å². The lowest BCUT2D eigenvalue weighted by Gasteiger charge is -2.35. The number of carbonyl (C=O) groups is 1. The van der Waals surface area contributed by atoms with E-state index in [2.05, 4.69) is 9.88 Å². The van der Waals surface area contributed by atoms with Crippen LogP contribution in [0.5, 0.6) is 11.5 Å². The van der Waals surface area contributed by atoms with E-state index in [9.17, 15) is 4.79 Å². The molecule has 0 radical (unpaired) electrons. The molecule has 156 valence electrons. The van der Waals surface area contributed by atoms with Crippen molar-refractivity contribution >= 4 is 16.8 Å². The van der Waals surface area contributed by atoms with Crippen molar-refractivity contribution < 1.29 is 14.3 Å². The summed E-state index contributed by atoms with van der Waals surface area (Å²) >= 11 is 0. The first-order chi connectivity index (χ1) is 14.6. The Morgan fingerprint density at radius 3 is 2.50 bits per heavy atom. The van der Waals surface area contributed by atoms with Gasteiger partial charge in [0.25, 0.3) is 5.91 Å². The number of aromatic nitrogens is 1. The summed E-state index contributed by atoms with van der Waals surface area (Å²) in [6, 6.07) is 15.6. The second-order valence-corrected chi connectivity index (χ2v) is 7.57. The number of pyridine rings is 1. The van der Waals surface area contributed by atoms with Gasteiger partial charge in [0.2, 0.25) is 0 Å². The number of ether oxygens (including phenoxy) is 2. The molecule has 1 saturated heterocycles. The van der Waals surface area contributed by atoms with E-state index in [4.69, 9.17) is 9.47 Å². The van der Waals surface area contributed by atoms with Gasteiger partial charge in [-0.25, -0.2) is 0 Å². The van der Waals surface area contributed by atoms with E-state index >= 15 is 0 Å². The second kappa shape index (κ2) is 8.71. The SMILES string of the molecule is COc1ccc(OC)c(CN2CCN(C(=O)c3cc(C)nc4ccccc34)CC2)c1. The maximum Gasteiger partial charge on any atom is 0.254 e. The average Bonchev–Trinajstić information content (AvgIpc) is 2.78. The first-order valence-electron chi connectivity index (χ1n) is 10.2. The number of rotatable bonds is 5. The molecular weight excluding hydrogens is 378 g/mol. The third-order valence-electron chi connectivity index (χ3n) is 5.62. The summed E-state index contributed by atoms with van der Waals surface area (Å²) in [6.07, 6.45) is 0. The molecule has 0 aliphatic carbocycles. The molecule has 0 unspecified atom stereocenters. The first kappa shape index (κ1) is 20.2. The summed E-state index contributed by atoms with van der Waals surface area (Å²) in [5.41, 5.74) is 3.55. The van der Waals surface area contributed by atoms with Crippen molar-refractivity contribution in [2.45, 2.75) is 13.5 Å². The molecule has 1 aliphatic rings. The zero-order valence-corrected chi connectivity index (χ0v) is 17.7. The minimum atomic E-state index is 0.0790. The summed E-state index contributed by atoms with van der Waals surface area (Å²) in [5.74, 6) is 1.75. The number of amides is 1. The van der Waals surface area contributed by atoms with Gasteiger partial charge >= 0.3 is 0 Å². The molecule has 1 amide bonds. The normalized spacial score (nSPS) is 14.7. The van der Waals surface area contributed by atoms with Crippen LogP contribution in [0.2, 0.25) is 0 Å². The van der Waals surface area contributed by atoms with Crippen LogP contribution in [0.25, 0.3) is 10.9 Å². The number of piperazine rings is 1. The van der Waals surface area contributed by atoms with Gasteiger partial charge in [0, 0.05) is 49.4 Å². The smallest absolute Gasteiger partial charge is 0.254 e. The van der Waals surface area contributed by atoms with Gasteiger partial charge in [-0.05, 0) is 37.3 Å². The Kier molecular flexibility index (Phi) is 5.86. The van der Waals surface area contributed by atoms with Crippen LogP contribution in [0.1, 0.15) is 21.6 Å². The highest BCUT2D eigenvalue weighted by molar-refractivity contribution is 6.06. The minimum absolute atomic E-state index is 0.0790. The van der Waals surface area contributed by atoms with Crippen LogP contribution in [-0.2, 0) is 6.54 Å². The van der Waals surface area contributed by atoms with E-state index in [-0.39, 0.29) is 5.91 Å². The lowest BCUT2D eigenvalue weighted by atomic mass is 10.1. The van der Waals surface area contributed by atoms with Gasteiger partial charge in [-0.2, -0.15) is 0 Å². The third kappa shape index (κ3) is 4.09. The highest BCUT2D eigenvalue weighted by Gasteiger charge is 2.24. The van der Waals surface area contributed by atoms with Crippen molar-refractivity contribution in [3.05, 3.63) is 65.4 Å². The van der Waals surface area contributed by atoms with Crippen LogP contribution in [0.3, 0.4) is 0 Å². The number of benzene rings is 2. The molecule has 6 nitrogen and oxygen atoms in total. The molecule has 0 saturated carbocycles. The molecule has 3 aromatic rings. The number of hydrogen-bond donors (Lipinski definition) is 0. The van der Waals surface area contributed by atoms with E-state index in [1.54, 1.807) is 14.2 Å². The van der Waals surface area contributed by atoms with Crippen molar-refractivity contribution in [2.24, 2.45) is 0 Å². The molecule has 6 heteroatoms. The number of fused-ring (bicyclic) bond motifs is 1. The maximum absolute atomic E-state index is 13.3. The average molecular weight is 405 g/mol. The molecule has 0 spiro atoms. The van der Waals surface area contributed by atoms with Crippen molar-refractivity contribution in [3.8, 4) is 11.5 Å². The maximum atomic E-state index is 13.3. The fourth-order valence-corrected chi connectivity index (χ4v) is 4.01. The number of aryl methyl sites for hydroxylation is 1. The minimum Gasteiger partial charge on any atom is -0.497 e. The van der Waals surface area contributed by atoms with Gasteiger partial charge in [0.15, 0.2) is 0 Å². The number of hydrogen-bond acceptors (Lipinski definition) is 5. The van der Waals surface area contributed by atoms with Gasteiger partial charge in [0.1, 0.15) is 11.5 Å². The Morgan fingerprint density at radius 2 is 1.77 bits per heavy atom. The molecular formula is C24H27N3O3. The largest absolute Gasteiger partial charge is 0.497 e. The number of methoxy groups -OCH3 is 2. The molecule has 0 N–H and O–H groups in total. The number of nitrogens with zero attached hydrogens (tertiary/aromatic N) is 3. The lowest BCUT2D eigenvalue weighted by Crippen LogP contribution is -2.48. The molecule has 2 heterocycles. The Hall–Kier alpha value is -3.12. The zero-order valence-electron chi connectivity index (χ0n) is 17.7. The first-order valence-corrected chi connectivity index (χ1v) is 10.2. The summed E-state index contributed by atoms with van der Waals surface area (Å²) in [4.78, 5) is 22.1. The van der Waals surface area contributed by atoms with E-state index in [0.29, 0.717) is 13.1 Å². The van der Waals surface area contributed by atoms with E-state index in [0.717, 1.165) is 58.9 Å². The quantitative estimate of drug-likeness (QED) is 0.650. The predicted molar refractivity (Wildman–Crippen MR) is 117 cm³/mol. The lowest BCUT2D eigenvalue weighted by molar-refractivity contribution is 0.0629. The van der Waals surface area contributed by atoms with Crippen LogP contribution in [0.15, 0.2) is 48.5 Å². The fourth-order valence-electron chi connectivity index (χ4n) is 4.01. The molecule has 4 rings (SSSR count). The summed E-state index contributed by atoms with van der Waals surface area (Å²) < 4.78 is 10.9. The molecule has 1 aliphatic heterocycles. The molecule has 2 aromatic carbocycles. The molecule has 0 bridgehead atoms. The second-order valence-electron chi connectivity index (χ2n) is 7.57. The summed E-state index contributed by atoms with van der Waals surface area (Å²) in [6.45, 7) is 5.71. The van der Waals surface area contributed by atoms with Crippen molar-refractivity contribution in [2.75, 3.05) is 40.4 Å². The van der Waals surface area contributed by atoms with Gasteiger partial charge in [-0.1, -0.05) is 18.2 Å². The predicted octanol–water partition coefficient (Wildman–Crippen LogP) is 3.52. The monoisotopic (exact) mass is 405 g/mol.